The molecule has 0 bridgehead atoms. The van der Waals surface area contributed by atoms with Crippen LogP contribution in [-0.4, -0.2) is 38.7 Å². The van der Waals surface area contributed by atoms with Crippen LogP contribution in [-0.2, 0) is 45.4 Å². The zero-order valence-electron chi connectivity index (χ0n) is 15.7. The van der Waals surface area contributed by atoms with Crippen molar-refractivity contribution in [3.63, 3.8) is 0 Å². The second-order valence-electron chi connectivity index (χ2n) is 6.01. The lowest BCUT2D eigenvalue weighted by Crippen LogP contribution is -2.06. The third kappa shape index (κ3) is 4.53. The van der Waals surface area contributed by atoms with Crippen molar-refractivity contribution in [2.24, 2.45) is 0 Å². The molecule has 0 saturated carbocycles. The van der Waals surface area contributed by atoms with Gasteiger partial charge in [0.15, 0.2) is 0 Å². The van der Waals surface area contributed by atoms with E-state index in [1.165, 1.54) is 0 Å². The van der Waals surface area contributed by atoms with Gasteiger partial charge in [-0.1, -0.05) is 0 Å². The first-order chi connectivity index (χ1) is 12.5. The maximum atomic E-state index is 10.1. The average molecular weight is 362 g/mol. The van der Waals surface area contributed by atoms with E-state index in [2.05, 4.69) is 0 Å². The molecule has 0 spiro atoms. The first-order valence-corrected chi connectivity index (χ1v) is 8.21. The Morgan fingerprint density at radius 1 is 0.538 bits per heavy atom. The van der Waals surface area contributed by atoms with Crippen molar-refractivity contribution in [3.05, 3.63) is 46.5 Å². The van der Waals surface area contributed by atoms with Gasteiger partial charge < -0.3 is 29.2 Å². The lowest BCUT2D eigenvalue weighted by Gasteiger charge is -2.21. The molecule has 0 atom stereocenters. The predicted molar refractivity (Wildman–Crippen MR) is 98.1 cm³/mol. The van der Waals surface area contributed by atoms with E-state index in [1.54, 1.807) is 52.7 Å². The van der Waals surface area contributed by atoms with E-state index in [9.17, 15) is 10.2 Å². The Kier molecular flexibility index (Phi) is 7.41. The summed E-state index contributed by atoms with van der Waals surface area (Å²) in [4.78, 5) is 0. The van der Waals surface area contributed by atoms with Crippen LogP contribution in [0.1, 0.15) is 22.3 Å². The van der Waals surface area contributed by atoms with Crippen LogP contribution in [0.15, 0.2) is 24.3 Å². The largest absolute Gasteiger partial charge is 0.508 e. The third-order valence-corrected chi connectivity index (χ3v) is 4.02. The highest BCUT2D eigenvalue weighted by Crippen LogP contribution is 2.39. The summed E-state index contributed by atoms with van der Waals surface area (Å²) in [5, 5.41) is 20.2. The van der Waals surface area contributed by atoms with E-state index in [1.807, 2.05) is 0 Å². The SMILES string of the molecule is COCc1cc(O)cc(COC)c1-c1c(COC)cc(O)cc1COC. The van der Waals surface area contributed by atoms with Gasteiger partial charge in [0.2, 0.25) is 0 Å². The number of rotatable bonds is 9. The molecule has 0 radical (unpaired) electrons. The molecule has 6 nitrogen and oxygen atoms in total. The van der Waals surface area contributed by atoms with Gasteiger partial charge in [0.1, 0.15) is 11.5 Å². The lowest BCUT2D eigenvalue weighted by atomic mass is 9.87. The van der Waals surface area contributed by atoms with Crippen LogP contribution in [0.25, 0.3) is 11.1 Å². The lowest BCUT2D eigenvalue weighted by molar-refractivity contribution is 0.177. The highest BCUT2D eigenvalue weighted by Gasteiger charge is 2.20. The molecule has 0 aliphatic carbocycles. The molecule has 0 unspecified atom stereocenters. The van der Waals surface area contributed by atoms with Crippen molar-refractivity contribution in [2.75, 3.05) is 28.4 Å². The molecule has 0 heterocycles. The minimum absolute atomic E-state index is 0.146. The van der Waals surface area contributed by atoms with E-state index >= 15 is 0 Å². The van der Waals surface area contributed by atoms with Crippen LogP contribution in [0.2, 0.25) is 0 Å². The summed E-state index contributed by atoms with van der Waals surface area (Å²) in [6.45, 7) is 1.28. The van der Waals surface area contributed by atoms with Gasteiger partial charge in [-0.25, -0.2) is 0 Å². The average Bonchev–Trinajstić information content (AvgIpc) is 2.57. The smallest absolute Gasteiger partial charge is 0.116 e. The van der Waals surface area contributed by atoms with Gasteiger partial charge >= 0.3 is 0 Å². The van der Waals surface area contributed by atoms with Crippen LogP contribution in [0.3, 0.4) is 0 Å². The Bertz CT molecular complexity index is 624. The van der Waals surface area contributed by atoms with Gasteiger partial charge in [0.25, 0.3) is 0 Å². The fourth-order valence-corrected chi connectivity index (χ4v) is 3.22. The normalized spacial score (nSPS) is 11.1. The number of phenols is 2. The van der Waals surface area contributed by atoms with Gasteiger partial charge in [-0.2, -0.15) is 0 Å². The van der Waals surface area contributed by atoms with E-state index in [-0.39, 0.29) is 11.5 Å². The standard InChI is InChI=1S/C20H26O6/c1-23-9-13-5-17(21)6-14(10-24-2)19(13)20-15(11-25-3)7-18(22)8-16(20)12-26-4/h5-8,21-22H,9-12H2,1-4H3. The van der Waals surface area contributed by atoms with Gasteiger partial charge in [-0.05, 0) is 57.6 Å². The van der Waals surface area contributed by atoms with E-state index in [0.29, 0.717) is 26.4 Å². The molecule has 142 valence electrons. The first-order valence-electron chi connectivity index (χ1n) is 8.21. The highest BCUT2D eigenvalue weighted by molar-refractivity contribution is 5.78. The Labute approximate surface area is 153 Å². The molecule has 0 aliphatic rings. The van der Waals surface area contributed by atoms with Crippen LogP contribution in [0, 0.1) is 0 Å². The maximum absolute atomic E-state index is 10.1. The maximum Gasteiger partial charge on any atom is 0.116 e. The van der Waals surface area contributed by atoms with Crippen molar-refractivity contribution in [1.29, 1.82) is 0 Å². The molecule has 0 fully saturated rings. The van der Waals surface area contributed by atoms with Gasteiger partial charge in [0, 0.05) is 28.4 Å². The molecule has 2 N–H and O–H groups in total. The van der Waals surface area contributed by atoms with E-state index in [4.69, 9.17) is 18.9 Å². The zero-order valence-corrected chi connectivity index (χ0v) is 15.7. The number of methoxy groups -OCH3 is 4. The first kappa shape index (κ1) is 20.2. The molecule has 0 amide bonds. The number of phenolic OH excluding ortho intramolecular Hbond substituents is 2. The monoisotopic (exact) mass is 362 g/mol. The summed E-state index contributed by atoms with van der Waals surface area (Å²) in [5.74, 6) is 0.293. The van der Waals surface area contributed by atoms with Crippen molar-refractivity contribution in [2.45, 2.75) is 26.4 Å². The predicted octanol–water partition coefficient (Wildman–Crippen LogP) is 3.35. The van der Waals surface area contributed by atoms with E-state index < -0.39 is 0 Å². The quantitative estimate of drug-likeness (QED) is 0.712. The second-order valence-corrected chi connectivity index (χ2v) is 6.01. The number of ether oxygens (including phenoxy) is 4. The number of hydrogen-bond donors (Lipinski definition) is 2. The summed E-state index contributed by atoms with van der Waals surface area (Å²) < 4.78 is 21.4. The van der Waals surface area contributed by atoms with Gasteiger partial charge in [-0.3, -0.25) is 0 Å². The fraction of sp³-hybridized carbons (Fsp3) is 0.400. The summed E-state index contributed by atoms with van der Waals surface area (Å²) in [7, 11) is 6.42. The Balaban J connectivity index is 2.83. The summed E-state index contributed by atoms with van der Waals surface area (Å²) in [6.07, 6.45) is 0. The minimum atomic E-state index is 0.146. The third-order valence-electron chi connectivity index (χ3n) is 4.02. The van der Waals surface area contributed by atoms with Gasteiger partial charge in [0.05, 0.1) is 26.4 Å². The van der Waals surface area contributed by atoms with E-state index in [0.717, 1.165) is 33.4 Å². The fourth-order valence-electron chi connectivity index (χ4n) is 3.22. The molecular formula is C20H26O6. The molecular weight excluding hydrogens is 336 g/mol. The summed E-state index contributed by atoms with van der Waals surface area (Å²) >= 11 is 0. The van der Waals surface area contributed by atoms with Crippen LogP contribution >= 0.6 is 0 Å². The highest BCUT2D eigenvalue weighted by atomic mass is 16.5. The molecule has 6 heteroatoms. The molecule has 0 saturated heterocycles. The second kappa shape index (κ2) is 9.54. The molecule has 2 rings (SSSR count). The van der Waals surface area contributed by atoms with Crippen LogP contribution < -0.4 is 0 Å². The minimum Gasteiger partial charge on any atom is -0.508 e. The van der Waals surface area contributed by atoms with Crippen molar-refractivity contribution in [3.8, 4) is 22.6 Å². The summed E-state index contributed by atoms with van der Waals surface area (Å²) in [5.41, 5.74) is 5.07. The molecule has 2 aromatic rings. The number of aromatic hydroxyl groups is 2. The zero-order chi connectivity index (χ0) is 19.1. The van der Waals surface area contributed by atoms with Crippen molar-refractivity contribution < 1.29 is 29.2 Å². The van der Waals surface area contributed by atoms with Crippen molar-refractivity contribution >= 4 is 0 Å². The van der Waals surface area contributed by atoms with Gasteiger partial charge in [-0.15, -0.1) is 0 Å². The summed E-state index contributed by atoms with van der Waals surface area (Å²) in [6, 6.07) is 6.71. The Morgan fingerprint density at radius 3 is 0.962 bits per heavy atom. The topological polar surface area (TPSA) is 77.4 Å². The van der Waals surface area contributed by atoms with Crippen LogP contribution in [0.4, 0.5) is 0 Å². The van der Waals surface area contributed by atoms with Crippen LogP contribution in [0.5, 0.6) is 11.5 Å². The molecule has 0 aromatic heterocycles. The molecule has 2 aromatic carbocycles. The Hall–Kier alpha value is -2.12. The number of benzene rings is 2. The number of hydrogen-bond acceptors (Lipinski definition) is 6. The Morgan fingerprint density at radius 2 is 0.769 bits per heavy atom. The van der Waals surface area contributed by atoms with Crippen molar-refractivity contribution in [1.82, 2.24) is 0 Å². The molecule has 26 heavy (non-hydrogen) atoms. The molecule has 0 aliphatic heterocycles.